The molecule has 7 heteroatoms. The van der Waals surface area contributed by atoms with E-state index in [0.29, 0.717) is 25.7 Å². The number of carbonyl (C=O) groups is 3. The molecule has 1 fully saturated rings. The first-order chi connectivity index (χ1) is 16.2. The maximum atomic E-state index is 13.9. The van der Waals surface area contributed by atoms with Gasteiger partial charge in [-0.1, -0.05) is 61.9 Å². The predicted molar refractivity (Wildman–Crippen MR) is 125 cm³/mol. The summed E-state index contributed by atoms with van der Waals surface area (Å²) in [5, 5.41) is 10.2. The van der Waals surface area contributed by atoms with Gasteiger partial charge in [0.1, 0.15) is 12.4 Å². The fourth-order valence-electron chi connectivity index (χ4n) is 3.90. The van der Waals surface area contributed by atoms with Gasteiger partial charge in [-0.3, -0.25) is 14.4 Å². The minimum atomic E-state index is -3.43. The van der Waals surface area contributed by atoms with Crippen LogP contribution >= 0.6 is 0 Å². The van der Waals surface area contributed by atoms with Crippen LogP contribution in [0.15, 0.2) is 54.6 Å². The van der Waals surface area contributed by atoms with Crippen molar-refractivity contribution in [3.63, 3.8) is 0 Å². The van der Waals surface area contributed by atoms with Gasteiger partial charge < -0.3 is 9.84 Å². The Morgan fingerprint density at radius 2 is 1.91 bits per heavy atom. The van der Waals surface area contributed by atoms with Crippen molar-refractivity contribution in [3.05, 3.63) is 60.2 Å². The molecule has 5 nitrogen and oxygen atoms in total. The molecule has 0 aromatic heterocycles. The van der Waals surface area contributed by atoms with Crippen molar-refractivity contribution in [2.24, 2.45) is 11.8 Å². The van der Waals surface area contributed by atoms with Gasteiger partial charge in [0, 0.05) is 31.1 Å². The first kappa shape index (κ1) is 27.6. The van der Waals surface area contributed by atoms with Gasteiger partial charge in [-0.25, -0.2) is 0 Å². The van der Waals surface area contributed by atoms with E-state index in [4.69, 9.17) is 4.74 Å². The minimum absolute atomic E-state index is 0.0544. The summed E-state index contributed by atoms with van der Waals surface area (Å²) in [6, 6.07) is 9.41. The number of Topliss-reactive ketones (excluding diaryl/α,β-unsaturated/α-hetero) is 1. The molecule has 2 rings (SSSR count). The Balaban J connectivity index is 1.76. The van der Waals surface area contributed by atoms with Crippen LogP contribution in [-0.2, 0) is 25.7 Å². The number of aliphatic hydroxyl groups excluding tert-OH is 1. The fraction of sp³-hybridized carbons (Fsp3) is 0.519. The molecule has 1 aliphatic rings. The summed E-state index contributed by atoms with van der Waals surface area (Å²) in [5.74, 6) is -6.39. The summed E-state index contributed by atoms with van der Waals surface area (Å²) < 4.78 is 33.0. The third-order valence-electron chi connectivity index (χ3n) is 5.96. The minimum Gasteiger partial charge on any atom is -0.461 e. The molecule has 1 aromatic rings. The normalized spacial score (nSPS) is 20.9. The highest BCUT2D eigenvalue weighted by molar-refractivity contribution is 5.95. The molecule has 0 amide bonds. The van der Waals surface area contributed by atoms with Crippen molar-refractivity contribution in [3.8, 4) is 0 Å². The lowest BCUT2D eigenvalue weighted by Crippen LogP contribution is -2.27. The van der Waals surface area contributed by atoms with Gasteiger partial charge in [0.25, 0.3) is 0 Å². The monoisotopic (exact) mass is 476 g/mol. The number of ether oxygens (including phenoxy) is 1. The quantitative estimate of drug-likeness (QED) is 0.169. The number of esters is 1. The molecule has 1 aliphatic carbocycles. The van der Waals surface area contributed by atoms with E-state index in [0.717, 1.165) is 11.6 Å². The number of aliphatic hydroxyl groups is 1. The lowest BCUT2D eigenvalue weighted by atomic mass is 9.90. The Kier molecular flexibility index (Phi) is 11.3. The summed E-state index contributed by atoms with van der Waals surface area (Å²) in [6.45, 7) is 2.01. The van der Waals surface area contributed by atoms with Crippen LogP contribution in [0.2, 0.25) is 0 Å². The number of halogens is 2. The number of alkyl halides is 2. The van der Waals surface area contributed by atoms with E-state index in [2.05, 4.69) is 0 Å². The molecular weight excluding hydrogens is 442 g/mol. The Labute approximate surface area is 199 Å². The van der Waals surface area contributed by atoms with Crippen LogP contribution in [0.25, 0.3) is 0 Å². The lowest BCUT2D eigenvalue weighted by molar-refractivity contribution is -0.145. The molecule has 0 spiro atoms. The van der Waals surface area contributed by atoms with E-state index >= 15 is 0 Å². The number of rotatable bonds is 14. The number of unbranched alkanes of at least 4 members (excludes halogenated alkanes) is 2. The average Bonchev–Trinajstić information content (AvgIpc) is 3.09. The molecule has 0 bridgehead atoms. The van der Waals surface area contributed by atoms with Gasteiger partial charge in [0.05, 0.1) is 6.10 Å². The topological polar surface area (TPSA) is 80.7 Å². The van der Waals surface area contributed by atoms with Crippen LogP contribution in [0.1, 0.15) is 63.9 Å². The third kappa shape index (κ3) is 8.93. The zero-order valence-corrected chi connectivity index (χ0v) is 19.6. The van der Waals surface area contributed by atoms with Crippen molar-refractivity contribution >= 4 is 17.5 Å². The van der Waals surface area contributed by atoms with Crippen LogP contribution in [0.5, 0.6) is 0 Å². The number of hydrogen-bond donors (Lipinski definition) is 1. The summed E-state index contributed by atoms with van der Waals surface area (Å²) in [5.41, 5.74) is 0.925. The second-order valence-corrected chi connectivity index (χ2v) is 8.70. The Morgan fingerprint density at radius 3 is 2.62 bits per heavy atom. The van der Waals surface area contributed by atoms with E-state index < -0.39 is 36.1 Å². The van der Waals surface area contributed by atoms with Crippen LogP contribution < -0.4 is 0 Å². The Hall–Kier alpha value is -2.67. The van der Waals surface area contributed by atoms with E-state index in [1.54, 1.807) is 13.0 Å². The van der Waals surface area contributed by atoms with Gasteiger partial charge >= 0.3 is 11.9 Å². The second-order valence-electron chi connectivity index (χ2n) is 8.70. The molecule has 186 valence electrons. The highest BCUT2D eigenvalue weighted by Gasteiger charge is 2.40. The Morgan fingerprint density at radius 1 is 1.18 bits per heavy atom. The van der Waals surface area contributed by atoms with Gasteiger partial charge in [-0.15, -0.1) is 0 Å². The van der Waals surface area contributed by atoms with Crippen LogP contribution in [-0.4, -0.2) is 34.7 Å². The van der Waals surface area contributed by atoms with Crippen LogP contribution in [0.4, 0.5) is 8.78 Å². The largest absolute Gasteiger partial charge is 0.461 e. The highest BCUT2D eigenvalue weighted by Crippen LogP contribution is 2.34. The summed E-state index contributed by atoms with van der Waals surface area (Å²) in [4.78, 5) is 36.0. The standard InChI is InChI=1S/C27H34F2O5/c1-2-3-17-27(28,29)25(32)16-15-22-21(23(30)18-24(22)31)13-9-4-5-10-14-26(33)34-19-20-11-7-6-8-12-20/h4,6-9,11-12,15-16,21-22,24,31H,2-3,5,10,13-14,17-19H2,1H3/b9-4-,16-15+/t21-,22-,24-/m1/s1. The third-order valence-corrected chi connectivity index (χ3v) is 5.96. The van der Waals surface area contributed by atoms with Crippen LogP contribution in [0, 0.1) is 11.8 Å². The van der Waals surface area contributed by atoms with Crippen molar-refractivity contribution in [2.75, 3.05) is 0 Å². The maximum absolute atomic E-state index is 13.9. The van der Waals surface area contributed by atoms with Gasteiger partial charge in [0.15, 0.2) is 0 Å². The van der Waals surface area contributed by atoms with E-state index in [-0.39, 0.29) is 37.6 Å². The van der Waals surface area contributed by atoms with Gasteiger partial charge in [0.2, 0.25) is 5.78 Å². The number of hydrogen-bond acceptors (Lipinski definition) is 5. The molecule has 34 heavy (non-hydrogen) atoms. The first-order valence-corrected chi connectivity index (χ1v) is 11.9. The summed E-state index contributed by atoms with van der Waals surface area (Å²) in [7, 11) is 0. The zero-order chi connectivity index (χ0) is 25.0. The van der Waals surface area contributed by atoms with Gasteiger partial charge in [-0.05, 0) is 37.3 Å². The van der Waals surface area contributed by atoms with Crippen LogP contribution in [0.3, 0.4) is 0 Å². The average molecular weight is 477 g/mol. The SMILES string of the molecule is CCCCC(F)(F)C(=O)/C=C/[C@H]1[C@H](O)CC(=O)[C@@H]1C/C=C\CCCC(=O)OCc1ccccc1. The van der Waals surface area contributed by atoms with Gasteiger partial charge in [-0.2, -0.15) is 8.78 Å². The fourth-order valence-corrected chi connectivity index (χ4v) is 3.90. The molecule has 0 heterocycles. The predicted octanol–water partition coefficient (Wildman–Crippen LogP) is 5.36. The zero-order valence-electron chi connectivity index (χ0n) is 19.6. The number of carbonyl (C=O) groups excluding carboxylic acids is 3. The molecule has 1 N–H and O–H groups in total. The molecule has 0 radical (unpaired) electrons. The lowest BCUT2D eigenvalue weighted by Gasteiger charge is -2.17. The smallest absolute Gasteiger partial charge is 0.309 e. The van der Waals surface area contributed by atoms with E-state index in [9.17, 15) is 28.3 Å². The molecule has 3 atom stereocenters. The molecular formula is C27H34F2O5. The molecule has 0 unspecified atom stereocenters. The highest BCUT2D eigenvalue weighted by atomic mass is 19.3. The van der Waals surface area contributed by atoms with Crippen molar-refractivity contribution in [1.82, 2.24) is 0 Å². The first-order valence-electron chi connectivity index (χ1n) is 11.9. The van der Waals surface area contributed by atoms with Crippen molar-refractivity contribution in [2.45, 2.75) is 76.9 Å². The summed E-state index contributed by atoms with van der Waals surface area (Å²) >= 11 is 0. The van der Waals surface area contributed by atoms with Crippen molar-refractivity contribution in [1.29, 1.82) is 0 Å². The molecule has 1 aromatic carbocycles. The molecule has 1 saturated carbocycles. The summed E-state index contributed by atoms with van der Waals surface area (Å²) in [6.07, 6.45) is 6.82. The number of allylic oxidation sites excluding steroid dienone is 3. The Bertz CT molecular complexity index is 863. The second kappa shape index (κ2) is 13.9. The van der Waals surface area contributed by atoms with E-state index in [1.807, 2.05) is 36.4 Å². The van der Waals surface area contributed by atoms with Crippen molar-refractivity contribution < 1.29 is 33.0 Å². The maximum Gasteiger partial charge on any atom is 0.309 e. The van der Waals surface area contributed by atoms with E-state index in [1.165, 1.54) is 6.08 Å². The number of benzene rings is 1. The molecule has 0 saturated heterocycles. The number of ketones is 2. The molecule has 0 aliphatic heterocycles.